The van der Waals surface area contributed by atoms with Crippen LogP contribution in [-0.2, 0) is 4.57 Å². The molecule has 0 saturated heterocycles. The smallest absolute Gasteiger partial charge is 1.00 e. The molecule has 13 heavy (non-hydrogen) atoms. The van der Waals surface area contributed by atoms with Gasteiger partial charge in [-0.05, 0) is 24.3 Å². The fraction of sp³-hybridized carbons (Fsp3) is 0. The van der Waals surface area contributed by atoms with Gasteiger partial charge in [-0.3, -0.25) is 9.79 Å². The first-order valence-corrected chi connectivity index (χ1v) is 4.54. The molecule has 5 nitrogen and oxygen atoms in total. The van der Waals surface area contributed by atoms with Gasteiger partial charge >= 0.3 is 37.4 Å². The maximum atomic E-state index is 10.3. The van der Waals surface area contributed by atoms with Crippen LogP contribution in [0.25, 0.3) is 0 Å². The maximum absolute atomic E-state index is 10.3. The van der Waals surface area contributed by atoms with Crippen molar-refractivity contribution in [3.63, 3.8) is 0 Å². The Bertz CT molecular complexity index is 311. The van der Waals surface area contributed by atoms with Crippen molar-refractivity contribution in [3.8, 4) is 11.5 Å². The van der Waals surface area contributed by atoms with Crippen molar-refractivity contribution in [2.75, 3.05) is 0 Å². The van der Waals surface area contributed by atoms with Gasteiger partial charge in [-0.25, -0.2) is 4.57 Å². The van der Waals surface area contributed by atoms with Gasteiger partial charge in [-0.2, -0.15) is 0 Å². The largest absolute Gasteiger partial charge is 1.00 e. The van der Waals surface area contributed by atoms with Gasteiger partial charge in [0.05, 0.1) is 0 Å². The molecular weight excluding hydrogens is 206 g/mol. The van der Waals surface area contributed by atoms with Gasteiger partial charge in [0.15, 0.2) is 0 Å². The predicted octanol–water partition coefficient (Wildman–Crippen LogP) is -2.02. The van der Waals surface area contributed by atoms with Crippen LogP contribution in [0.4, 0.5) is 0 Å². The molecule has 1 aromatic rings. The van der Waals surface area contributed by atoms with Crippen molar-refractivity contribution in [1.29, 1.82) is 0 Å². The molecule has 0 aromatic heterocycles. The minimum absolute atomic E-state index is 0. The molecule has 0 saturated carbocycles. The zero-order chi connectivity index (χ0) is 9.19. The fourth-order valence-corrected chi connectivity index (χ4v) is 1.04. The summed E-state index contributed by atoms with van der Waals surface area (Å²) in [5, 5.41) is 8.81. The molecule has 0 amide bonds. The van der Waals surface area contributed by atoms with Gasteiger partial charge in [-0.15, -0.1) is 0 Å². The minimum atomic E-state index is -4.48. The van der Waals surface area contributed by atoms with E-state index in [0.29, 0.717) is 0 Å². The van der Waals surface area contributed by atoms with Crippen LogP contribution in [0.1, 0.15) is 1.43 Å². The summed E-state index contributed by atoms with van der Waals surface area (Å²) in [5.41, 5.74) is 0. The topological polar surface area (TPSA) is 87.0 Å². The molecule has 0 atom stereocenters. The van der Waals surface area contributed by atoms with Crippen LogP contribution in [-0.4, -0.2) is 14.9 Å². The molecule has 68 valence electrons. The number of phosphoric acid groups is 1. The molecule has 7 heteroatoms. The Morgan fingerprint density at radius 2 is 1.69 bits per heavy atom. The second-order valence-electron chi connectivity index (χ2n) is 2.08. The summed E-state index contributed by atoms with van der Waals surface area (Å²) in [7, 11) is -4.48. The van der Waals surface area contributed by atoms with Gasteiger partial charge in [0, 0.05) is 0 Å². The molecule has 1 rings (SSSR count). The minimum Gasteiger partial charge on any atom is -1.00 e. The van der Waals surface area contributed by atoms with Gasteiger partial charge < -0.3 is 11.1 Å². The Kier molecular flexibility index (Phi) is 4.99. The number of phosphoric ester groups is 1. The molecular formula is C6H8NaO5P. The quantitative estimate of drug-likeness (QED) is 0.390. The second-order valence-corrected chi connectivity index (χ2v) is 3.24. The summed E-state index contributed by atoms with van der Waals surface area (Å²) in [5.74, 6) is 0.0224. The fourth-order valence-electron chi connectivity index (χ4n) is 0.644. The standard InChI is InChI=1S/C6H7O5P.Na.H/c7-5-1-3-6(4-2-5)11-12(8,9)10;;/h1-4,7H,(H2,8,9,10);;/q;+1;-1. The summed E-state index contributed by atoms with van der Waals surface area (Å²) in [6.45, 7) is 0. The van der Waals surface area contributed by atoms with Crippen LogP contribution in [0.15, 0.2) is 24.3 Å². The zero-order valence-corrected chi connectivity index (χ0v) is 9.81. The predicted molar refractivity (Wildman–Crippen MR) is 41.9 cm³/mol. The SMILES string of the molecule is O=P(O)(O)Oc1ccc(O)cc1.[H-].[Na+]. The van der Waals surface area contributed by atoms with Crippen LogP contribution < -0.4 is 34.1 Å². The molecule has 0 aliphatic rings. The summed E-state index contributed by atoms with van der Waals surface area (Å²) in [6.07, 6.45) is 0. The third-order valence-corrected chi connectivity index (χ3v) is 1.51. The van der Waals surface area contributed by atoms with Crippen LogP contribution in [0.3, 0.4) is 0 Å². The van der Waals surface area contributed by atoms with Crippen molar-refractivity contribution in [2.24, 2.45) is 0 Å². The van der Waals surface area contributed by atoms with Gasteiger partial charge in [0.2, 0.25) is 0 Å². The van der Waals surface area contributed by atoms with Crippen LogP contribution >= 0.6 is 7.82 Å². The van der Waals surface area contributed by atoms with Crippen LogP contribution in [0.2, 0.25) is 0 Å². The van der Waals surface area contributed by atoms with E-state index in [9.17, 15) is 4.57 Å². The zero-order valence-electron chi connectivity index (χ0n) is 7.91. The first-order valence-electron chi connectivity index (χ1n) is 3.01. The van der Waals surface area contributed by atoms with E-state index in [4.69, 9.17) is 14.9 Å². The number of phenols is 1. The first-order chi connectivity index (χ1) is 5.47. The number of benzene rings is 1. The van der Waals surface area contributed by atoms with Crippen LogP contribution in [0.5, 0.6) is 11.5 Å². The molecule has 1 aromatic carbocycles. The van der Waals surface area contributed by atoms with E-state index < -0.39 is 7.82 Å². The number of hydrogen-bond acceptors (Lipinski definition) is 3. The average molecular weight is 214 g/mol. The Morgan fingerprint density at radius 3 is 2.08 bits per heavy atom. The summed E-state index contributed by atoms with van der Waals surface area (Å²) >= 11 is 0. The van der Waals surface area contributed by atoms with Gasteiger partial charge in [-0.1, -0.05) is 0 Å². The number of rotatable bonds is 2. The first kappa shape index (κ1) is 13.0. The van der Waals surface area contributed by atoms with E-state index >= 15 is 0 Å². The Hall–Kier alpha value is -0.0300. The second kappa shape index (κ2) is 5.00. The average Bonchev–Trinajstić information content (AvgIpc) is 1.91. The third kappa shape index (κ3) is 5.31. The van der Waals surface area contributed by atoms with Crippen molar-refractivity contribution in [2.45, 2.75) is 0 Å². The van der Waals surface area contributed by atoms with E-state index in [0.717, 1.165) is 0 Å². The molecule has 0 radical (unpaired) electrons. The molecule has 3 N–H and O–H groups in total. The Balaban J connectivity index is 0. The molecule has 0 aliphatic carbocycles. The van der Waals surface area contributed by atoms with E-state index in [2.05, 4.69) is 4.52 Å². The Morgan fingerprint density at radius 1 is 1.23 bits per heavy atom. The molecule has 0 aliphatic heterocycles. The summed E-state index contributed by atoms with van der Waals surface area (Å²) < 4.78 is 14.5. The molecule has 0 heterocycles. The van der Waals surface area contributed by atoms with Crippen molar-refractivity contribution in [3.05, 3.63) is 24.3 Å². The van der Waals surface area contributed by atoms with Crippen molar-refractivity contribution >= 4 is 7.82 Å². The monoisotopic (exact) mass is 214 g/mol. The molecule has 0 unspecified atom stereocenters. The van der Waals surface area contributed by atoms with E-state index in [1.54, 1.807) is 0 Å². The normalized spacial score (nSPS) is 10.3. The Labute approximate surface area is 98.4 Å². The van der Waals surface area contributed by atoms with Crippen molar-refractivity contribution in [1.82, 2.24) is 0 Å². The van der Waals surface area contributed by atoms with Crippen molar-refractivity contribution < 1.29 is 55.0 Å². The van der Waals surface area contributed by atoms with Gasteiger partial charge in [0.1, 0.15) is 11.5 Å². The molecule has 0 fully saturated rings. The maximum Gasteiger partial charge on any atom is 1.00 e. The number of aromatic hydroxyl groups is 1. The number of phenolic OH excluding ortho intramolecular Hbond substituents is 1. The summed E-state index contributed by atoms with van der Waals surface area (Å²) in [6, 6.07) is 5.05. The number of hydrogen-bond donors (Lipinski definition) is 3. The summed E-state index contributed by atoms with van der Waals surface area (Å²) in [4.78, 5) is 16.7. The molecule has 0 spiro atoms. The molecule has 0 bridgehead atoms. The van der Waals surface area contributed by atoms with E-state index in [1.807, 2.05) is 0 Å². The van der Waals surface area contributed by atoms with E-state index in [-0.39, 0.29) is 42.5 Å². The van der Waals surface area contributed by atoms with Gasteiger partial charge in [0.25, 0.3) is 0 Å². The van der Waals surface area contributed by atoms with Crippen LogP contribution in [0, 0.1) is 0 Å². The van der Waals surface area contributed by atoms with E-state index in [1.165, 1.54) is 24.3 Å². The third-order valence-electron chi connectivity index (χ3n) is 1.06.